The molecule has 1 fully saturated rings. The first-order valence-electron chi connectivity index (χ1n) is 8.53. The van der Waals surface area contributed by atoms with Crippen molar-refractivity contribution in [2.24, 2.45) is 10.9 Å². The third-order valence-corrected chi connectivity index (χ3v) is 5.08. The predicted octanol–water partition coefficient (Wildman–Crippen LogP) is 1.83. The van der Waals surface area contributed by atoms with E-state index < -0.39 is 0 Å². The van der Waals surface area contributed by atoms with Crippen LogP contribution in [0, 0.1) is 5.92 Å². The highest BCUT2D eigenvalue weighted by atomic mass is 15.9. The zero-order valence-electron chi connectivity index (χ0n) is 13.5. The van der Waals surface area contributed by atoms with E-state index in [1.54, 1.807) is 0 Å². The summed E-state index contributed by atoms with van der Waals surface area (Å²) in [5.41, 5.74) is 3.38. The summed E-state index contributed by atoms with van der Waals surface area (Å²) in [5.74, 6) is 1.73. The van der Waals surface area contributed by atoms with E-state index in [1.165, 1.54) is 12.8 Å². The monoisotopic (exact) mass is 332 g/mol. The van der Waals surface area contributed by atoms with Crippen molar-refractivity contribution in [3.05, 3.63) is 54.2 Å². The van der Waals surface area contributed by atoms with E-state index in [1.807, 2.05) is 47.1 Å². The third kappa shape index (κ3) is 1.81. The molecule has 1 aromatic carbocycles. The minimum Gasteiger partial charge on any atom is -0.284 e. The molecule has 2 aliphatic heterocycles. The summed E-state index contributed by atoms with van der Waals surface area (Å²) in [6, 6.07) is 8.30. The molecular weight excluding hydrogens is 316 g/mol. The van der Waals surface area contributed by atoms with Gasteiger partial charge in [-0.2, -0.15) is 5.12 Å². The van der Waals surface area contributed by atoms with Gasteiger partial charge in [0, 0.05) is 5.56 Å². The Kier molecular flexibility index (Phi) is 2.47. The van der Waals surface area contributed by atoms with Crippen LogP contribution >= 0.6 is 0 Å². The van der Waals surface area contributed by atoms with Crippen molar-refractivity contribution < 1.29 is 0 Å². The second kappa shape index (κ2) is 4.69. The highest BCUT2D eigenvalue weighted by Crippen LogP contribution is 2.41. The zero-order chi connectivity index (χ0) is 16.4. The van der Waals surface area contributed by atoms with Crippen LogP contribution < -0.4 is 10.1 Å². The van der Waals surface area contributed by atoms with Gasteiger partial charge in [0.2, 0.25) is 0 Å². The lowest BCUT2D eigenvalue weighted by Crippen LogP contribution is -2.49. The third-order valence-electron chi connectivity index (χ3n) is 5.08. The topological polar surface area (TPSA) is 67.4 Å². The smallest absolute Gasteiger partial charge is 0.173 e. The molecule has 0 radical (unpaired) electrons. The molecule has 0 amide bonds. The van der Waals surface area contributed by atoms with Crippen LogP contribution in [0.4, 0.5) is 5.82 Å². The summed E-state index contributed by atoms with van der Waals surface area (Å²) < 4.78 is 2.09. The van der Waals surface area contributed by atoms with Crippen LogP contribution in [0.25, 0.3) is 5.69 Å². The molecule has 1 saturated carbocycles. The van der Waals surface area contributed by atoms with Gasteiger partial charge in [0.25, 0.3) is 0 Å². The number of anilines is 1. The Morgan fingerprint density at radius 1 is 1.12 bits per heavy atom. The molecule has 0 saturated heterocycles. The second-order valence-electron chi connectivity index (χ2n) is 6.75. The number of aromatic nitrogens is 5. The van der Waals surface area contributed by atoms with Crippen molar-refractivity contribution in [1.82, 2.24) is 24.7 Å². The van der Waals surface area contributed by atoms with Crippen molar-refractivity contribution >= 4 is 12.2 Å². The summed E-state index contributed by atoms with van der Waals surface area (Å²) in [7, 11) is 0. The van der Waals surface area contributed by atoms with Gasteiger partial charge in [-0.25, -0.2) is 15.0 Å². The molecule has 0 spiro atoms. The summed E-state index contributed by atoms with van der Waals surface area (Å²) in [6.45, 7) is 0. The Labute approximate surface area is 144 Å². The molecule has 1 aliphatic carbocycles. The van der Waals surface area contributed by atoms with Crippen molar-refractivity contribution in [2.45, 2.75) is 25.4 Å². The van der Waals surface area contributed by atoms with E-state index in [0.29, 0.717) is 0 Å². The Morgan fingerprint density at radius 3 is 2.96 bits per heavy atom. The Balaban J connectivity index is 1.47. The number of para-hydroxylation sites is 1. The maximum Gasteiger partial charge on any atom is 0.173 e. The number of benzene rings is 1. The van der Waals surface area contributed by atoms with E-state index in [2.05, 4.69) is 37.0 Å². The van der Waals surface area contributed by atoms with Crippen LogP contribution in [-0.4, -0.2) is 31.0 Å². The van der Waals surface area contributed by atoms with Gasteiger partial charge in [-0.05, 0) is 36.5 Å². The van der Waals surface area contributed by atoms with Crippen LogP contribution in [0.3, 0.4) is 0 Å². The van der Waals surface area contributed by atoms with Gasteiger partial charge in [-0.1, -0.05) is 18.2 Å². The standard InChI is InChI=1S/C17H16N8/c1-2-4-15-14(3-1)17-19-11-23(24(17)16-9-18-10-22(15)16)25-13(8-20-21-25)7-12-5-6-12/h1-4,8-12,17H,5-7H2. The lowest BCUT2D eigenvalue weighted by Gasteiger charge is -2.37. The highest BCUT2D eigenvalue weighted by Gasteiger charge is 2.39. The molecule has 3 aromatic rings. The molecule has 25 heavy (non-hydrogen) atoms. The number of imidazole rings is 1. The maximum absolute atomic E-state index is 4.75. The van der Waals surface area contributed by atoms with Crippen molar-refractivity contribution in [1.29, 1.82) is 0 Å². The molecule has 2 aromatic heterocycles. The Hall–Kier alpha value is -3.16. The lowest BCUT2D eigenvalue weighted by atomic mass is 10.1. The molecule has 1 atom stereocenters. The van der Waals surface area contributed by atoms with E-state index >= 15 is 0 Å². The second-order valence-corrected chi connectivity index (χ2v) is 6.75. The molecule has 124 valence electrons. The van der Waals surface area contributed by atoms with Crippen molar-refractivity contribution in [3.8, 4) is 5.69 Å². The van der Waals surface area contributed by atoms with Crippen molar-refractivity contribution in [2.75, 3.05) is 10.1 Å². The highest BCUT2D eigenvalue weighted by molar-refractivity contribution is 5.78. The zero-order valence-corrected chi connectivity index (χ0v) is 13.5. The van der Waals surface area contributed by atoms with Gasteiger partial charge in [0.05, 0.1) is 23.8 Å². The number of nitrogens with zero attached hydrogens (tertiary/aromatic N) is 8. The fraction of sp³-hybridized carbons (Fsp3) is 0.294. The van der Waals surface area contributed by atoms with Gasteiger partial charge >= 0.3 is 0 Å². The first kappa shape index (κ1) is 13.2. The number of fused-ring (bicyclic) bond motifs is 6. The van der Waals surface area contributed by atoms with Gasteiger partial charge in [0.15, 0.2) is 12.0 Å². The quantitative estimate of drug-likeness (QED) is 0.732. The number of hydrogen-bond donors (Lipinski definition) is 0. The normalized spacial score (nSPS) is 20.6. The number of rotatable bonds is 3. The molecule has 8 nitrogen and oxygen atoms in total. The van der Waals surface area contributed by atoms with Crippen LogP contribution in [0.2, 0.25) is 0 Å². The number of hydrogen-bond acceptors (Lipinski definition) is 6. The molecule has 8 heteroatoms. The fourth-order valence-corrected chi connectivity index (χ4v) is 3.68. The van der Waals surface area contributed by atoms with Crippen LogP contribution in [0.15, 0.2) is 48.0 Å². The minimum absolute atomic E-state index is 0.113. The number of hydrazine groups is 1. The van der Waals surface area contributed by atoms with E-state index in [-0.39, 0.29) is 6.17 Å². The molecule has 0 bridgehead atoms. The molecule has 6 rings (SSSR count). The van der Waals surface area contributed by atoms with Gasteiger partial charge < -0.3 is 0 Å². The molecule has 0 N–H and O–H groups in total. The van der Waals surface area contributed by atoms with E-state index in [0.717, 1.165) is 35.1 Å². The average Bonchev–Trinajstić information content (AvgIpc) is 3.05. The van der Waals surface area contributed by atoms with Crippen molar-refractivity contribution in [3.63, 3.8) is 0 Å². The largest absolute Gasteiger partial charge is 0.284 e. The predicted molar refractivity (Wildman–Crippen MR) is 91.9 cm³/mol. The number of aliphatic imine (C=N–C) groups is 1. The Bertz CT molecular complexity index is 982. The molecule has 3 aliphatic rings. The fourth-order valence-electron chi connectivity index (χ4n) is 3.68. The molecule has 1 unspecified atom stereocenters. The van der Waals surface area contributed by atoms with E-state index in [9.17, 15) is 0 Å². The average molecular weight is 332 g/mol. The van der Waals surface area contributed by atoms with Crippen LogP contribution in [-0.2, 0) is 6.42 Å². The summed E-state index contributed by atoms with van der Waals surface area (Å²) in [4.78, 5) is 11.0. The molecular formula is C17H16N8. The first-order chi connectivity index (χ1) is 12.4. The van der Waals surface area contributed by atoms with Gasteiger partial charge in [-0.3, -0.25) is 4.57 Å². The maximum atomic E-state index is 4.75. The first-order valence-corrected chi connectivity index (χ1v) is 8.53. The van der Waals surface area contributed by atoms with Gasteiger partial charge in [0.1, 0.15) is 12.7 Å². The Morgan fingerprint density at radius 2 is 2.04 bits per heavy atom. The van der Waals surface area contributed by atoms with Crippen LogP contribution in [0.5, 0.6) is 0 Å². The van der Waals surface area contributed by atoms with Gasteiger partial charge in [-0.15, -0.1) is 9.89 Å². The summed E-state index contributed by atoms with van der Waals surface area (Å²) in [5, 5.41) is 12.5. The lowest BCUT2D eigenvalue weighted by molar-refractivity contribution is 0.522. The summed E-state index contributed by atoms with van der Waals surface area (Å²) >= 11 is 0. The van der Waals surface area contributed by atoms with Crippen LogP contribution in [0.1, 0.15) is 30.3 Å². The van der Waals surface area contributed by atoms with E-state index in [4.69, 9.17) is 4.99 Å². The summed E-state index contributed by atoms with van der Waals surface area (Å²) in [6.07, 6.45) is 10.9. The SMILES string of the molecule is C1=NC2c3ccccc3-n3cncc3N2N1n1nncc1CC1CC1. The minimum atomic E-state index is -0.113. The molecule has 4 heterocycles.